The summed E-state index contributed by atoms with van der Waals surface area (Å²) in [6.45, 7) is 0.597. The summed E-state index contributed by atoms with van der Waals surface area (Å²) in [5, 5.41) is 4.48. The molecule has 0 aliphatic rings. The standard InChI is InChI=1S/C12H13FN2O2S2/c1-14-7-9-6-10(8-18-9)19(16,17)15-12-5-3-2-4-11(12)13/h2-6,8,14-15H,7H2,1H3. The number of nitrogens with one attached hydrogen (secondary N) is 2. The molecule has 0 spiro atoms. The first-order valence-electron chi connectivity index (χ1n) is 5.52. The first-order valence-corrected chi connectivity index (χ1v) is 7.88. The molecule has 0 aliphatic heterocycles. The molecule has 1 heterocycles. The van der Waals surface area contributed by atoms with Crippen molar-refractivity contribution < 1.29 is 12.8 Å². The van der Waals surface area contributed by atoms with Crippen LogP contribution in [0.4, 0.5) is 10.1 Å². The van der Waals surface area contributed by atoms with Crippen molar-refractivity contribution in [2.75, 3.05) is 11.8 Å². The Morgan fingerprint density at radius 2 is 2.05 bits per heavy atom. The molecule has 0 radical (unpaired) electrons. The van der Waals surface area contributed by atoms with Crippen LogP contribution in [0.1, 0.15) is 4.88 Å². The van der Waals surface area contributed by atoms with Crippen LogP contribution in [0, 0.1) is 5.82 Å². The molecule has 2 rings (SSSR count). The molecular weight excluding hydrogens is 287 g/mol. The van der Waals surface area contributed by atoms with Crippen LogP contribution in [0.5, 0.6) is 0 Å². The van der Waals surface area contributed by atoms with E-state index in [9.17, 15) is 12.8 Å². The summed E-state index contributed by atoms with van der Waals surface area (Å²) in [6.07, 6.45) is 0. The molecule has 0 saturated carbocycles. The molecule has 4 nitrogen and oxygen atoms in total. The second-order valence-electron chi connectivity index (χ2n) is 3.86. The molecule has 0 bridgehead atoms. The fourth-order valence-corrected chi connectivity index (χ4v) is 3.87. The van der Waals surface area contributed by atoms with Gasteiger partial charge in [0, 0.05) is 16.8 Å². The molecule has 7 heteroatoms. The Bertz CT molecular complexity index is 668. The third-order valence-electron chi connectivity index (χ3n) is 2.41. The van der Waals surface area contributed by atoms with Crippen LogP contribution in [0.25, 0.3) is 0 Å². The molecule has 0 aliphatic carbocycles. The van der Waals surface area contributed by atoms with E-state index in [1.54, 1.807) is 19.2 Å². The van der Waals surface area contributed by atoms with Crippen LogP contribution in [-0.4, -0.2) is 15.5 Å². The lowest BCUT2D eigenvalue weighted by atomic mass is 10.3. The molecule has 0 saturated heterocycles. The SMILES string of the molecule is CNCc1cc(S(=O)(=O)Nc2ccccc2F)cs1. The molecular formula is C12H13FN2O2S2. The second-order valence-corrected chi connectivity index (χ2v) is 6.54. The van der Waals surface area contributed by atoms with Crippen LogP contribution in [0.3, 0.4) is 0 Å². The van der Waals surface area contributed by atoms with Gasteiger partial charge in [-0.15, -0.1) is 11.3 Å². The molecule has 0 fully saturated rings. The van der Waals surface area contributed by atoms with Crippen molar-refractivity contribution in [3.05, 3.63) is 46.4 Å². The van der Waals surface area contributed by atoms with Crippen molar-refractivity contribution in [2.24, 2.45) is 0 Å². The van der Waals surface area contributed by atoms with Gasteiger partial charge in [-0.1, -0.05) is 12.1 Å². The van der Waals surface area contributed by atoms with E-state index in [1.807, 2.05) is 0 Å². The van der Waals surface area contributed by atoms with Crippen LogP contribution < -0.4 is 10.0 Å². The molecule has 1 aromatic carbocycles. The van der Waals surface area contributed by atoms with E-state index >= 15 is 0 Å². The van der Waals surface area contributed by atoms with Gasteiger partial charge in [0.1, 0.15) is 5.82 Å². The number of rotatable bonds is 5. The van der Waals surface area contributed by atoms with Gasteiger partial charge in [-0.05, 0) is 25.2 Å². The second kappa shape index (κ2) is 5.68. The molecule has 0 unspecified atom stereocenters. The Morgan fingerprint density at radius 3 is 2.74 bits per heavy atom. The van der Waals surface area contributed by atoms with Crippen LogP contribution in [0.2, 0.25) is 0 Å². The number of para-hydroxylation sites is 1. The highest BCUT2D eigenvalue weighted by Gasteiger charge is 2.17. The molecule has 0 atom stereocenters. The highest BCUT2D eigenvalue weighted by molar-refractivity contribution is 7.92. The largest absolute Gasteiger partial charge is 0.315 e. The maximum absolute atomic E-state index is 13.4. The molecule has 19 heavy (non-hydrogen) atoms. The zero-order valence-electron chi connectivity index (χ0n) is 10.2. The Labute approximate surface area is 115 Å². The summed E-state index contributed by atoms with van der Waals surface area (Å²) < 4.78 is 39.8. The Morgan fingerprint density at radius 1 is 1.32 bits per heavy atom. The van der Waals surface area contributed by atoms with E-state index < -0.39 is 15.8 Å². The Kier molecular flexibility index (Phi) is 4.18. The van der Waals surface area contributed by atoms with Crippen molar-refractivity contribution in [3.8, 4) is 0 Å². The van der Waals surface area contributed by atoms with Crippen LogP contribution >= 0.6 is 11.3 Å². The van der Waals surface area contributed by atoms with Gasteiger partial charge in [-0.25, -0.2) is 12.8 Å². The minimum Gasteiger partial charge on any atom is -0.315 e. The topological polar surface area (TPSA) is 58.2 Å². The Balaban J connectivity index is 2.25. The number of benzene rings is 1. The maximum atomic E-state index is 13.4. The normalized spacial score (nSPS) is 11.5. The molecule has 2 aromatic rings. The predicted octanol–water partition coefficient (Wildman–Crippen LogP) is 2.41. The van der Waals surface area contributed by atoms with E-state index in [0.29, 0.717) is 6.54 Å². The van der Waals surface area contributed by atoms with Gasteiger partial charge in [0.15, 0.2) is 0 Å². The van der Waals surface area contributed by atoms with Crippen molar-refractivity contribution in [1.29, 1.82) is 0 Å². The average molecular weight is 300 g/mol. The Hall–Kier alpha value is -1.44. The average Bonchev–Trinajstić information content (AvgIpc) is 2.82. The van der Waals surface area contributed by atoms with Gasteiger partial charge in [0.2, 0.25) is 0 Å². The number of hydrogen-bond acceptors (Lipinski definition) is 4. The fraction of sp³-hybridized carbons (Fsp3) is 0.167. The smallest absolute Gasteiger partial charge is 0.262 e. The van der Waals surface area contributed by atoms with Crippen molar-refractivity contribution in [1.82, 2.24) is 5.32 Å². The minimum absolute atomic E-state index is 0.0520. The lowest BCUT2D eigenvalue weighted by Crippen LogP contribution is -2.13. The predicted molar refractivity (Wildman–Crippen MR) is 74.3 cm³/mol. The zero-order chi connectivity index (χ0) is 13.9. The quantitative estimate of drug-likeness (QED) is 0.891. The first kappa shape index (κ1) is 14.0. The van der Waals surface area contributed by atoms with Gasteiger partial charge in [-0.2, -0.15) is 0 Å². The molecule has 2 N–H and O–H groups in total. The van der Waals surface area contributed by atoms with Crippen molar-refractivity contribution >= 4 is 27.0 Å². The van der Waals surface area contributed by atoms with Crippen molar-refractivity contribution in [3.63, 3.8) is 0 Å². The van der Waals surface area contributed by atoms with E-state index in [1.165, 1.54) is 34.9 Å². The number of halogens is 1. The summed E-state index contributed by atoms with van der Waals surface area (Å²) in [6, 6.07) is 7.24. The summed E-state index contributed by atoms with van der Waals surface area (Å²) in [4.78, 5) is 1.04. The zero-order valence-corrected chi connectivity index (χ0v) is 11.8. The van der Waals surface area contributed by atoms with E-state index in [2.05, 4.69) is 10.0 Å². The third kappa shape index (κ3) is 3.31. The van der Waals surface area contributed by atoms with Gasteiger partial charge in [0.25, 0.3) is 10.0 Å². The summed E-state index contributed by atoms with van der Waals surface area (Å²) >= 11 is 1.34. The van der Waals surface area contributed by atoms with E-state index in [4.69, 9.17) is 0 Å². The van der Waals surface area contributed by atoms with Gasteiger partial charge in [0.05, 0.1) is 10.6 Å². The summed E-state index contributed by atoms with van der Waals surface area (Å²) in [5.41, 5.74) is -0.0520. The lowest BCUT2D eigenvalue weighted by Gasteiger charge is -2.06. The molecule has 102 valence electrons. The fourth-order valence-electron chi connectivity index (χ4n) is 1.52. The molecule has 0 amide bonds. The number of sulfonamides is 1. The van der Waals surface area contributed by atoms with Gasteiger partial charge < -0.3 is 5.32 Å². The lowest BCUT2D eigenvalue weighted by molar-refractivity contribution is 0.599. The van der Waals surface area contributed by atoms with Crippen LogP contribution in [0.15, 0.2) is 40.6 Å². The third-order valence-corrected chi connectivity index (χ3v) is 4.84. The number of anilines is 1. The monoisotopic (exact) mass is 300 g/mol. The van der Waals surface area contributed by atoms with Gasteiger partial charge >= 0.3 is 0 Å². The van der Waals surface area contributed by atoms with E-state index in [-0.39, 0.29) is 10.6 Å². The van der Waals surface area contributed by atoms with Crippen molar-refractivity contribution in [2.45, 2.75) is 11.4 Å². The number of hydrogen-bond donors (Lipinski definition) is 2. The maximum Gasteiger partial charge on any atom is 0.262 e. The number of thiophene rings is 1. The van der Waals surface area contributed by atoms with Crippen LogP contribution in [-0.2, 0) is 16.6 Å². The minimum atomic E-state index is -3.74. The van der Waals surface area contributed by atoms with E-state index in [0.717, 1.165) is 4.88 Å². The summed E-state index contributed by atoms with van der Waals surface area (Å²) in [7, 11) is -1.96. The highest BCUT2D eigenvalue weighted by atomic mass is 32.2. The summed E-state index contributed by atoms with van der Waals surface area (Å²) in [5.74, 6) is -0.600. The highest BCUT2D eigenvalue weighted by Crippen LogP contribution is 2.23. The first-order chi connectivity index (χ1) is 9.03. The molecule has 1 aromatic heterocycles. The van der Waals surface area contributed by atoms with Gasteiger partial charge in [-0.3, -0.25) is 4.72 Å².